The minimum absolute atomic E-state index is 0.0121. The Morgan fingerprint density at radius 3 is 2.72 bits per heavy atom. The second-order valence-electron chi connectivity index (χ2n) is 6.50. The molecule has 1 saturated heterocycles. The summed E-state index contributed by atoms with van der Waals surface area (Å²) in [7, 11) is 0. The van der Waals surface area contributed by atoms with Crippen molar-refractivity contribution in [2.75, 3.05) is 19.6 Å². The number of carbonyl (C=O) groups excluding carboxylic acids is 2. The van der Waals surface area contributed by atoms with Gasteiger partial charge in [0.05, 0.1) is 6.04 Å². The van der Waals surface area contributed by atoms with Gasteiger partial charge in [-0.1, -0.05) is 17.7 Å². The first-order valence-electron chi connectivity index (χ1n) is 8.76. The van der Waals surface area contributed by atoms with Crippen LogP contribution in [0.15, 0.2) is 29.2 Å². The van der Waals surface area contributed by atoms with E-state index in [1.807, 2.05) is 16.7 Å². The molecule has 6 nitrogen and oxygen atoms in total. The SMILES string of the molecule is Cc1cccc(SC2CCN(C(=O)[C@@H](N)CCCNC(N)=O)CC2)c1. The maximum absolute atomic E-state index is 12.4. The van der Waals surface area contributed by atoms with Gasteiger partial charge in [0.15, 0.2) is 0 Å². The predicted octanol–water partition coefficient (Wildman–Crippen LogP) is 1.85. The van der Waals surface area contributed by atoms with Gasteiger partial charge in [0.2, 0.25) is 5.91 Å². The lowest BCUT2D eigenvalue weighted by Crippen LogP contribution is -2.47. The number of hydrogen-bond donors (Lipinski definition) is 3. The molecule has 1 heterocycles. The van der Waals surface area contributed by atoms with Gasteiger partial charge in [0.25, 0.3) is 0 Å². The lowest BCUT2D eigenvalue weighted by Gasteiger charge is -2.33. The third kappa shape index (κ3) is 6.59. The van der Waals surface area contributed by atoms with Crippen LogP contribution in [0.25, 0.3) is 0 Å². The van der Waals surface area contributed by atoms with Crippen molar-refractivity contribution in [3.05, 3.63) is 29.8 Å². The van der Waals surface area contributed by atoms with Crippen LogP contribution in [-0.4, -0.2) is 47.8 Å². The van der Waals surface area contributed by atoms with E-state index >= 15 is 0 Å². The van der Waals surface area contributed by atoms with Crippen LogP contribution in [0.5, 0.6) is 0 Å². The Morgan fingerprint density at radius 1 is 1.36 bits per heavy atom. The summed E-state index contributed by atoms with van der Waals surface area (Å²) in [5.74, 6) is 0.0121. The van der Waals surface area contributed by atoms with Gasteiger partial charge in [0.1, 0.15) is 0 Å². The Labute approximate surface area is 153 Å². The highest BCUT2D eigenvalue weighted by Gasteiger charge is 2.26. The summed E-state index contributed by atoms with van der Waals surface area (Å²) in [6.45, 7) is 4.07. The third-order valence-electron chi connectivity index (χ3n) is 4.35. The van der Waals surface area contributed by atoms with Crippen LogP contribution in [0.3, 0.4) is 0 Å². The fraction of sp³-hybridized carbons (Fsp3) is 0.556. The summed E-state index contributed by atoms with van der Waals surface area (Å²) in [4.78, 5) is 26.2. The molecule has 0 aromatic heterocycles. The van der Waals surface area contributed by atoms with E-state index in [1.165, 1.54) is 10.5 Å². The molecule has 0 radical (unpaired) electrons. The molecule has 5 N–H and O–H groups in total. The molecule has 25 heavy (non-hydrogen) atoms. The molecular weight excluding hydrogens is 336 g/mol. The maximum atomic E-state index is 12.4. The molecule has 7 heteroatoms. The summed E-state index contributed by atoms with van der Waals surface area (Å²) in [6.07, 6.45) is 3.17. The molecule has 0 bridgehead atoms. The Balaban J connectivity index is 1.71. The van der Waals surface area contributed by atoms with Gasteiger partial charge in [-0.15, -0.1) is 11.8 Å². The first kappa shape index (κ1) is 19.6. The van der Waals surface area contributed by atoms with Gasteiger partial charge < -0.3 is 21.7 Å². The Hall–Kier alpha value is -1.73. The van der Waals surface area contributed by atoms with Crippen LogP contribution in [0.2, 0.25) is 0 Å². The molecule has 1 aromatic carbocycles. The van der Waals surface area contributed by atoms with Crippen molar-refractivity contribution in [2.45, 2.75) is 48.8 Å². The van der Waals surface area contributed by atoms with E-state index in [4.69, 9.17) is 11.5 Å². The molecule has 1 aromatic rings. The molecule has 0 spiro atoms. The topological polar surface area (TPSA) is 101 Å². The average Bonchev–Trinajstić information content (AvgIpc) is 2.58. The highest BCUT2D eigenvalue weighted by atomic mass is 32.2. The van der Waals surface area contributed by atoms with Crippen molar-refractivity contribution in [3.63, 3.8) is 0 Å². The number of likely N-dealkylation sites (tertiary alicyclic amines) is 1. The molecule has 1 aliphatic heterocycles. The maximum Gasteiger partial charge on any atom is 0.312 e. The second kappa shape index (κ2) is 9.68. The van der Waals surface area contributed by atoms with E-state index in [9.17, 15) is 9.59 Å². The van der Waals surface area contributed by atoms with Crippen LogP contribution in [0.4, 0.5) is 4.79 Å². The van der Waals surface area contributed by atoms with Gasteiger partial charge in [-0.2, -0.15) is 0 Å². The number of benzene rings is 1. The molecule has 1 atom stereocenters. The predicted molar refractivity (Wildman–Crippen MR) is 101 cm³/mol. The first-order valence-corrected chi connectivity index (χ1v) is 9.64. The van der Waals surface area contributed by atoms with Crippen molar-refractivity contribution in [2.24, 2.45) is 11.5 Å². The number of nitrogens with zero attached hydrogens (tertiary/aromatic N) is 1. The highest BCUT2D eigenvalue weighted by Crippen LogP contribution is 2.30. The summed E-state index contributed by atoms with van der Waals surface area (Å²) in [6, 6.07) is 7.49. The number of thioether (sulfide) groups is 1. The Morgan fingerprint density at radius 2 is 2.08 bits per heavy atom. The third-order valence-corrected chi connectivity index (χ3v) is 5.69. The van der Waals surface area contributed by atoms with Crippen molar-refractivity contribution in [3.8, 4) is 0 Å². The fourth-order valence-corrected chi connectivity index (χ4v) is 4.21. The van der Waals surface area contributed by atoms with Crippen molar-refractivity contribution < 1.29 is 9.59 Å². The van der Waals surface area contributed by atoms with E-state index in [2.05, 4.69) is 36.5 Å². The average molecular weight is 365 g/mol. The molecule has 1 fully saturated rings. The summed E-state index contributed by atoms with van der Waals surface area (Å²) < 4.78 is 0. The number of piperidine rings is 1. The smallest absolute Gasteiger partial charge is 0.312 e. The summed E-state index contributed by atoms with van der Waals surface area (Å²) in [5.41, 5.74) is 12.3. The van der Waals surface area contributed by atoms with Crippen LogP contribution in [0.1, 0.15) is 31.2 Å². The lowest BCUT2D eigenvalue weighted by molar-refractivity contribution is -0.133. The number of amides is 3. The zero-order valence-corrected chi connectivity index (χ0v) is 15.6. The lowest BCUT2D eigenvalue weighted by atomic mass is 10.1. The van der Waals surface area contributed by atoms with Crippen LogP contribution < -0.4 is 16.8 Å². The molecule has 0 aliphatic carbocycles. The monoisotopic (exact) mass is 364 g/mol. The van der Waals surface area contributed by atoms with Gasteiger partial charge in [-0.3, -0.25) is 4.79 Å². The van der Waals surface area contributed by atoms with E-state index in [0.717, 1.165) is 25.9 Å². The van der Waals surface area contributed by atoms with E-state index in [1.54, 1.807) is 0 Å². The molecule has 2 rings (SSSR count). The molecule has 138 valence electrons. The number of primary amides is 1. The Bertz CT molecular complexity index is 588. The molecule has 0 saturated carbocycles. The van der Waals surface area contributed by atoms with Crippen LogP contribution >= 0.6 is 11.8 Å². The number of hydrogen-bond acceptors (Lipinski definition) is 4. The number of rotatable bonds is 7. The normalized spacial score (nSPS) is 16.5. The fourth-order valence-electron chi connectivity index (χ4n) is 2.97. The largest absolute Gasteiger partial charge is 0.352 e. The zero-order valence-electron chi connectivity index (χ0n) is 14.7. The van der Waals surface area contributed by atoms with Crippen LogP contribution in [-0.2, 0) is 4.79 Å². The molecule has 0 unspecified atom stereocenters. The number of nitrogens with two attached hydrogens (primary N) is 2. The van der Waals surface area contributed by atoms with Gasteiger partial charge in [-0.25, -0.2) is 4.79 Å². The van der Waals surface area contributed by atoms with Crippen molar-refractivity contribution in [1.82, 2.24) is 10.2 Å². The minimum Gasteiger partial charge on any atom is -0.352 e. The van der Waals surface area contributed by atoms with E-state index in [-0.39, 0.29) is 5.91 Å². The number of nitrogens with one attached hydrogen (secondary N) is 1. The quantitative estimate of drug-likeness (QED) is 0.643. The van der Waals surface area contributed by atoms with Gasteiger partial charge in [0, 0.05) is 29.8 Å². The van der Waals surface area contributed by atoms with Gasteiger partial charge in [-0.05, 0) is 44.7 Å². The Kier molecular flexibility index (Phi) is 7.58. The van der Waals surface area contributed by atoms with Crippen molar-refractivity contribution >= 4 is 23.7 Å². The zero-order chi connectivity index (χ0) is 18.2. The van der Waals surface area contributed by atoms with E-state index in [0.29, 0.717) is 24.6 Å². The number of urea groups is 1. The number of aryl methyl sites for hydroxylation is 1. The minimum atomic E-state index is -0.548. The van der Waals surface area contributed by atoms with Crippen molar-refractivity contribution in [1.29, 1.82) is 0 Å². The molecule has 1 aliphatic rings. The van der Waals surface area contributed by atoms with E-state index < -0.39 is 12.1 Å². The summed E-state index contributed by atoms with van der Waals surface area (Å²) >= 11 is 1.90. The first-order chi connectivity index (χ1) is 12.0. The van der Waals surface area contributed by atoms with Gasteiger partial charge >= 0.3 is 6.03 Å². The molecule has 3 amide bonds. The second-order valence-corrected chi connectivity index (χ2v) is 7.87. The number of carbonyl (C=O) groups is 2. The van der Waals surface area contributed by atoms with Crippen LogP contribution in [0, 0.1) is 6.92 Å². The highest BCUT2D eigenvalue weighted by molar-refractivity contribution is 8.00. The molecular formula is C18H28N4O2S. The summed E-state index contributed by atoms with van der Waals surface area (Å²) in [5, 5.41) is 3.05. The standard InChI is InChI=1S/C18H28N4O2S/c1-13-4-2-5-15(12-13)25-14-7-10-22(11-8-14)17(23)16(19)6-3-9-21-18(20)24/h2,4-5,12,14,16H,3,6-11,19H2,1H3,(H3,20,21,24)/t16-/m0/s1.